The van der Waals surface area contributed by atoms with Gasteiger partial charge < -0.3 is 5.32 Å². The Kier molecular flexibility index (Phi) is 6.70. The van der Waals surface area contributed by atoms with E-state index in [2.05, 4.69) is 5.32 Å². The lowest BCUT2D eigenvalue weighted by Gasteiger charge is -2.22. The van der Waals surface area contributed by atoms with E-state index in [9.17, 15) is 13.2 Å². The summed E-state index contributed by atoms with van der Waals surface area (Å²) < 4.78 is 25.0. The molecule has 2 aromatic carbocycles. The lowest BCUT2D eigenvalue weighted by Crippen LogP contribution is -2.41. The molecule has 1 amide bonds. The molecule has 0 saturated carbocycles. The number of nitrogens with one attached hydrogen (secondary N) is 1. The molecular weight excluding hydrogens is 383 g/mol. The normalized spacial score (nSPS) is 11.2. The van der Waals surface area contributed by atoms with E-state index < -0.39 is 15.9 Å². The molecule has 134 valence electrons. The summed E-state index contributed by atoms with van der Waals surface area (Å²) in [5, 5.41) is 3.63. The first-order chi connectivity index (χ1) is 11.8. The Bertz CT molecular complexity index is 839. The van der Waals surface area contributed by atoms with Crippen LogP contribution in [0.2, 0.25) is 10.0 Å². The van der Waals surface area contributed by atoms with E-state index in [-0.39, 0.29) is 17.3 Å². The van der Waals surface area contributed by atoms with Gasteiger partial charge in [0.25, 0.3) is 0 Å². The second-order valence-corrected chi connectivity index (χ2v) is 8.20. The Morgan fingerprint density at radius 1 is 1.08 bits per heavy atom. The highest BCUT2D eigenvalue weighted by atomic mass is 35.5. The zero-order valence-electron chi connectivity index (χ0n) is 13.6. The number of carbonyl (C=O) groups excluding carboxylic acids is 1. The van der Waals surface area contributed by atoms with Crippen LogP contribution < -0.4 is 9.62 Å². The predicted octanol–water partition coefficient (Wildman–Crippen LogP) is 3.12. The molecule has 0 saturated heterocycles. The predicted molar refractivity (Wildman–Crippen MR) is 102 cm³/mol. The molecule has 0 aromatic heterocycles. The third kappa shape index (κ3) is 5.92. The van der Waals surface area contributed by atoms with E-state index >= 15 is 0 Å². The van der Waals surface area contributed by atoms with Gasteiger partial charge in [0.2, 0.25) is 15.9 Å². The number of hydrogen-bond donors (Lipinski definition) is 1. The van der Waals surface area contributed by atoms with Crippen LogP contribution in [0.1, 0.15) is 5.56 Å². The van der Waals surface area contributed by atoms with Crippen LogP contribution in [0, 0.1) is 0 Å². The van der Waals surface area contributed by atoms with Gasteiger partial charge in [-0.25, -0.2) is 8.42 Å². The zero-order valence-corrected chi connectivity index (χ0v) is 15.9. The van der Waals surface area contributed by atoms with Crippen molar-refractivity contribution < 1.29 is 13.2 Å². The van der Waals surface area contributed by atoms with Gasteiger partial charge in [0.05, 0.1) is 17.0 Å². The van der Waals surface area contributed by atoms with Crippen molar-refractivity contribution in [3.8, 4) is 0 Å². The van der Waals surface area contributed by atoms with Crippen LogP contribution in [0.5, 0.6) is 0 Å². The van der Waals surface area contributed by atoms with Gasteiger partial charge in [-0.15, -0.1) is 0 Å². The van der Waals surface area contributed by atoms with Crippen molar-refractivity contribution in [2.24, 2.45) is 0 Å². The van der Waals surface area contributed by atoms with Crippen molar-refractivity contribution >= 4 is 44.8 Å². The van der Waals surface area contributed by atoms with Crippen molar-refractivity contribution in [1.29, 1.82) is 0 Å². The molecule has 0 heterocycles. The fourth-order valence-electron chi connectivity index (χ4n) is 2.22. The number of anilines is 1. The van der Waals surface area contributed by atoms with Gasteiger partial charge >= 0.3 is 0 Å². The molecule has 2 aromatic rings. The fourth-order valence-corrected chi connectivity index (χ4v) is 3.50. The first-order valence-electron chi connectivity index (χ1n) is 7.51. The Balaban J connectivity index is 1.98. The summed E-state index contributed by atoms with van der Waals surface area (Å²) in [5.41, 5.74) is 1.30. The first kappa shape index (κ1) is 19.6. The molecular formula is C17H18Cl2N2O3S. The van der Waals surface area contributed by atoms with Crippen LogP contribution in [0.25, 0.3) is 0 Å². The van der Waals surface area contributed by atoms with Gasteiger partial charge in [-0.3, -0.25) is 9.10 Å². The standard InChI is InChI=1S/C17H18Cl2N2O3S/c1-25(23,24)21(16-5-3-2-4-15(16)19)12-17(22)20-11-10-13-6-8-14(18)9-7-13/h2-9H,10-12H2,1H3,(H,20,22). The van der Waals surface area contributed by atoms with Crippen LogP contribution in [0.4, 0.5) is 5.69 Å². The first-order valence-corrected chi connectivity index (χ1v) is 10.1. The second-order valence-electron chi connectivity index (χ2n) is 5.45. The highest BCUT2D eigenvalue weighted by Crippen LogP contribution is 2.26. The number of sulfonamides is 1. The molecule has 25 heavy (non-hydrogen) atoms. The number of nitrogens with zero attached hydrogens (tertiary/aromatic N) is 1. The van der Waals surface area contributed by atoms with Gasteiger partial charge in [-0.2, -0.15) is 0 Å². The summed E-state index contributed by atoms with van der Waals surface area (Å²) in [6.07, 6.45) is 1.66. The van der Waals surface area contributed by atoms with E-state index in [1.165, 1.54) is 0 Å². The van der Waals surface area contributed by atoms with E-state index in [0.717, 1.165) is 16.1 Å². The lowest BCUT2D eigenvalue weighted by atomic mass is 10.1. The van der Waals surface area contributed by atoms with Crippen molar-refractivity contribution in [3.05, 3.63) is 64.1 Å². The van der Waals surface area contributed by atoms with Crippen LogP contribution in [-0.2, 0) is 21.2 Å². The molecule has 0 aliphatic carbocycles. The van der Waals surface area contributed by atoms with Gasteiger partial charge in [-0.05, 0) is 36.2 Å². The van der Waals surface area contributed by atoms with E-state index in [1.54, 1.807) is 36.4 Å². The Hall–Kier alpha value is -1.76. The van der Waals surface area contributed by atoms with Crippen molar-refractivity contribution in [2.75, 3.05) is 23.7 Å². The number of halogens is 2. The average Bonchev–Trinajstić information content (AvgIpc) is 2.54. The third-order valence-electron chi connectivity index (χ3n) is 3.46. The van der Waals surface area contributed by atoms with Crippen LogP contribution in [-0.4, -0.2) is 33.7 Å². The van der Waals surface area contributed by atoms with Crippen molar-refractivity contribution in [1.82, 2.24) is 5.32 Å². The second kappa shape index (κ2) is 8.56. The van der Waals surface area contributed by atoms with Gasteiger partial charge in [0, 0.05) is 11.6 Å². The number of hydrogen-bond acceptors (Lipinski definition) is 3. The smallest absolute Gasteiger partial charge is 0.240 e. The van der Waals surface area contributed by atoms with Gasteiger partial charge in [0.15, 0.2) is 0 Å². The number of carbonyl (C=O) groups is 1. The summed E-state index contributed by atoms with van der Waals surface area (Å²) in [7, 11) is -3.64. The molecule has 0 bridgehead atoms. The van der Waals surface area contributed by atoms with E-state index in [4.69, 9.17) is 23.2 Å². The zero-order chi connectivity index (χ0) is 18.4. The highest BCUT2D eigenvalue weighted by Gasteiger charge is 2.22. The molecule has 0 fully saturated rings. The number of amides is 1. The summed E-state index contributed by atoms with van der Waals surface area (Å²) in [6.45, 7) is 0.0593. The molecule has 0 atom stereocenters. The van der Waals surface area contributed by atoms with Crippen molar-refractivity contribution in [3.63, 3.8) is 0 Å². The van der Waals surface area contributed by atoms with Gasteiger partial charge in [0.1, 0.15) is 6.54 Å². The third-order valence-corrected chi connectivity index (χ3v) is 5.16. The molecule has 8 heteroatoms. The SMILES string of the molecule is CS(=O)(=O)N(CC(=O)NCCc1ccc(Cl)cc1)c1ccccc1Cl. The van der Waals surface area contributed by atoms with Crippen molar-refractivity contribution in [2.45, 2.75) is 6.42 Å². The minimum absolute atomic E-state index is 0.266. The molecule has 0 aliphatic rings. The summed E-state index contributed by atoms with van der Waals surface area (Å²) in [5.74, 6) is -0.403. The molecule has 5 nitrogen and oxygen atoms in total. The van der Waals surface area contributed by atoms with Gasteiger partial charge in [-0.1, -0.05) is 47.5 Å². The monoisotopic (exact) mass is 400 g/mol. The summed E-state index contributed by atoms with van der Waals surface area (Å²) in [6, 6.07) is 13.8. The summed E-state index contributed by atoms with van der Waals surface area (Å²) >= 11 is 11.9. The maximum atomic E-state index is 12.1. The largest absolute Gasteiger partial charge is 0.354 e. The topological polar surface area (TPSA) is 66.5 Å². The quantitative estimate of drug-likeness (QED) is 0.775. The highest BCUT2D eigenvalue weighted by molar-refractivity contribution is 7.92. The number of rotatable bonds is 7. The lowest BCUT2D eigenvalue weighted by molar-refractivity contribution is -0.119. The van der Waals surface area contributed by atoms with E-state index in [0.29, 0.717) is 18.0 Å². The Morgan fingerprint density at radius 2 is 1.72 bits per heavy atom. The van der Waals surface area contributed by atoms with Crippen LogP contribution in [0.15, 0.2) is 48.5 Å². The van der Waals surface area contributed by atoms with E-state index in [1.807, 2.05) is 12.1 Å². The molecule has 0 aliphatic heterocycles. The van der Waals surface area contributed by atoms with Crippen LogP contribution >= 0.6 is 23.2 Å². The number of benzene rings is 2. The number of para-hydroxylation sites is 1. The molecule has 2 rings (SSSR count). The molecule has 1 N–H and O–H groups in total. The Labute approximate surface area is 157 Å². The molecule has 0 unspecified atom stereocenters. The maximum Gasteiger partial charge on any atom is 0.240 e. The summed E-state index contributed by atoms with van der Waals surface area (Å²) in [4.78, 5) is 12.1. The average molecular weight is 401 g/mol. The molecule has 0 spiro atoms. The molecule has 0 radical (unpaired) electrons. The minimum atomic E-state index is -3.64. The maximum absolute atomic E-state index is 12.1. The fraction of sp³-hybridized carbons (Fsp3) is 0.235. The Morgan fingerprint density at radius 3 is 2.32 bits per heavy atom. The minimum Gasteiger partial charge on any atom is -0.354 e. The van der Waals surface area contributed by atoms with Crippen LogP contribution in [0.3, 0.4) is 0 Å².